The molecule has 2 rings (SSSR count). The van der Waals surface area contributed by atoms with E-state index in [1.165, 1.54) is 92.0 Å². The van der Waals surface area contributed by atoms with Gasteiger partial charge in [0.15, 0.2) is 0 Å². The second-order valence-electron chi connectivity index (χ2n) is 7.47. The van der Waals surface area contributed by atoms with Crippen molar-refractivity contribution in [1.82, 2.24) is 0 Å². The average molecular weight is 403 g/mol. The first-order valence-electron chi connectivity index (χ1n) is 11.1. The van der Waals surface area contributed by atoms with E-state index >= 15 is 0 Å². The zero-order valence-corrected chi connectivity index (χ0v) is 19.1. The van der Waals surface area contributed by atoms with Gasteiger partial charge in [0.25, 0.3) is 0 Å². The molecular weight excluding hydrogens is 364 g/mol. The SMILES string of the molecule is CCCCCCCSC(SCCCCCCC)c1cccc2ccccc12. The normalized spacial score (nSPS) is 11.5. The van der Waals surface area contributed by atoms with Crippen molar-refractivity contribution in [2.24, 2.45) is 0 Å². The van der Waals surface area contributed by atoms with Crippen molar-refractivity contribution in [3.8, 4) is 0 Å². The highest BCUT2D eigenvalue weighted by molar-refractivity contribution is 8.16. The van der Waals surface area contributed by atoms with Crippen LogP contribution in [0.2, 0.25) is 0 Å². The Morgan fingerprint density at radius 2 is 1.19 bits per heavy atom. The number of hydrogen-bond donors (Lipinski definition) is 0. The lowest BCUT2D eigenvalue weighted by molar-refractivity contribution is 0.659. The van der Waals surface area contributed by atoms with E-state index in [4.69, 9.17) is 0 Å². The maximum absolute atomic E-state index is 2.36. The highest BCUT2D eigenvalue weighted by Crippen LogP contribution is 2.43. The third-order valence-corrected chi connectivity index (χ3v) is 8.09. The van der Waals surface area contributed by atoms with Gasteiger partial charge in [-0.25, -0.2) is 0 Å². The summed E-state index contributed by atoms with van der Waals surface area (Å²) in [5, 5.41) is 2.83. The summed E-state index contributed by atoms with van der Waals surface area (Å²) < 4.78 is 0.577. The fourth-order valence-corrected chi connectivity index (χ4v) is 6.38. The molecule has 27 heavy (non-hydrogen) atoms. The molecule has 0 aliphatic carbocycles. The molecule has 0 fully saturated rings. The Morgan fingerprint density at radius 3 is 1.81 bits per heavy atom. The molecule has 0 aliphatic heterocycles. The van der Waals surface area contributed by atoms with Crippen LogP contribution in [-0.2, 0) is 0 Å². The molecule has 150 valence electrons. The van der Waals surface area contributed by atoms with Crippen molar-refractivity contribution in [3.05, 3.63) is 48.0 Å². The van der Waals surface area contributed by atoms with E-state index in [-0.39, 0.29) is 0 Å². The predicted molar refractivity (Wildman–Crippen MR) is 129 cm³/mol. The van der Waals surface area contributed by atoms with E-state index < -0.39 is 0 Å². The average Bonchev–Trinajstić information content (AvgIpc) is 2.71. The van der Waals surface area contributed by atoms with Gasteiger partial charge in [-0.2, -0.15) is 0 Å². The number of rotatable bonds is 15. The van der Waals surface area contributed by atoms with E-state index in [1.54, 1.807) is 0 Å². The van der Waals surface area contributed by atoms with Gasteiger partial charge in [-0.15, -0.1) is 23.5 Å². The van der Waals surface area contributed by atoms with Gasteiger partial charge in [-0.05, 0) is 40.7 Å². The van der Waals surface area contributed by atoms with E-state index in [9.17, 15) is 0 Å². The first-order chi connectivity index (χ1) is 13.4. The molecule has 0 aliphatic rings. The molecule has 0 radical (unpaired) electrons. The number of hydrogen-bond acceptors (Lipinski definition) is 2. The minimum atomic E-state index is 0.577. The molecule has 2 aromatic rings. The van der Waals surface area contributed by atoms with Crippen LogP contribution in [-0.4, -0.2) is 11.5 Å². The molecular formula is C25H38S2. The van der Waals surface area contributed by atoms with Crippen molar-refractivity contribution >= 4 is 34.3 Å². The van der Waals surface area contributed by atoms with Crippen LogP contribution in [0.4, 0.5) is 0 Å². The fourth-order valence-electron chi connectivity index (χ4n) is 3.48. The zero-order chi connectivity index (χ0) is 19.2. The van der Waals surface area contributed by atoms with Crippen molar-refractivity contribution in [3.63, 3.8) is 0 Å². The molecule has 0 spiro atoms. The lowest BCUT2D eigenvalue weighted by Gasteiger charge is -2.19. The van der Waals surface area contributed by atoms with Crippen LogP contribution in [0, 0.1) is 0 Å². The molecule has 0 heterocycles. The molecule has 2 heteroatoms. The van der Waals surface area contributed by atoms with Gasteiger partial charge in [0.05, 0.1) is 4.58 Å². The van der Waals surface area contributed by atoms with Crippen molar-refractivity contribution < 1.29 is 0 Å². The van der Waals surface area contributed by atoms with E-state index in [1.807, 2.05) is 0 Å². The summed E-state index contributed by atoms with van der Waals surface area (Å²) in [6.45, 7) is 4.59. The summed E-state index contributed by atoms with van der Waals surface area (Å²) >= 11 is 4.36. The third-order valence-electron chi connectivity index (χ3n) is 5.11. The number of benzene rings is 2. The van der Waals surface area contributed by atoms with Crippen LogP contribution < -0.4 is 0 Å². The standard InChI is InChI=1S/C25H38S2/c1-3-5-7-9-13-20-26-25(27-21-14-10-8-6-4-2)24-19-15-17-22-16-11-12-18-23(22)24/h11-12,15-19,25H,3-10,13-14,20-21H2,1-2H3. The van der Waals surface area contributed by atoms with Gasteiger partial charge in [-0.3, -0.25) is 0 Å². The summed E-state index contributed by atoms with van der Waals surface area (Å²) in [5.74, 6) is 2.58. The van der Waals surface area contributed by atoms with E-state index in [0.717, 1.165) is 0 Å². The lowest BCUT2D eigenvalue weighted by atomic mass is 10.1. The van der Waals surface area contributed by atoms with E-state index in [0.29, 0.717) is 4.58 Å². The smallest absolute Gasteiger partial charge is 0.0757 e. The van der Waals surface area contributed by atoms with Gasteiger partial charge < -0.3 is 0 Å². The summed E-state index contributed by atoms with van der Waals surface area (Å²) in [4.78, 5) is 0. The summed E-state index contributed by atoms with van der Waals surface area (Å²) in [6.07, 6.45) is 13.8. The molecule has 0 aromatic heterocycles. The van der Waals surface area contributed by atoms with Crippen LogP contribution in [0.3, 0.4) is 0 Å². The molecule has 0 atom stereocenters. The van der Waals surface area contributed by atoms with Crippen molar-refractivity contribution in [2.75, 3.05) is 11.5 Å². The van der Waals surface area contributed by atoms with Crippen molar-refractivity contribution in [1.29, 1.82) is 0 Å². The number of unbranched alkanes of at least 4 members (excludes halogenated alkanes) is 8. The second kappa shape index (κ2) is 14.4. The highest BCUT2D eigenvalue weighted by Gasteiger charge is 2.15. The Hall–Kier alpha value is -0.600. The third kappa shape index (κ3) is 8.52. The van der Waals surface area contributed by atoms with Crippen molar-refractivity contribution in [2.45, 2.75) is 82.6 Å². The monoisotopic (exact) mass is 402 g/mol. The summed E-state index contributed by atoms with van der Waals surface area (Å²) in [7, 11) is 0. The van der Waals surface area contributed by atoms with E-state index in [2.05, 4.69) is 79.8 Å². The zero-order valence-electron chi connectivity index (χ0n) is 17.4. The quantitative estimate of drug-likeness (QED) is 0.215. The largest absolute Gasteiger partial charge is 0.143 e. The van der Waals surface area contributed by atoms with Gasteiger partial charge in [0.1, 0.15) is 0 Å². The van der Waals surface area contributed by atoms with Crippen LogP contribution in [0.25, 0.3) is 10.8 Å². The molecule has 0 unspecified atom stereocenters. The van der Waals surface area contributed by atoms with Crippen LogP contribution >= 0.6 is 23.5 Å². The molecule has 0 amide bonds. The Kier molecular flexibility index (Phi) is 12.1. The van der Waals surface area contributed by atoms with Crippen LogP contribution in [0.15, 0.2) is 42.5 Å². The Balaban J connectivity index is 1.93. The molecule has 0 saturated carbocycles. The molecule has 0 bridgehead atoms. The van der Waals surface area contributed by atoms with Gasteiger partial charge in [-0.1, -0.05) is 108 Å². The number of fused-ring (bicyclic) bond motifs is 1. The maximum Gasteiger partial charge on any atom is 0.0757 e. The van der Waals surface area contributed by atoms with Crippen LogP contribution in [0.5, 0.6) is 0 Å². The Labute approximate surface area is 176 Å². The molecule has 0 saturated heterocycles. The minimum absolute atomic E-state index is 0.577. The van der Waals surface area contributed by atoms with Gasteiger partial charge in [0.2, 0.25) is 0 Å². The lowest BCUT2D eigenvalue weighted by Crippen LogP contribution is -1.95. The minimum Gasteiger partial charge on any atom is -0.143 e. The number of thioether (sulfide) groups is 2. The maximum atomic E-state index is 2.36. The Morgan fingerprint density at radius 1 is 0.630 bits per heavy atom. The fraction of sp³-hybridized carbons (Fsp3) is 0.600. The highest BCUT2D eigenvalue weighted by atomic mass is 32.2. The first kappa shape index (κ1) is 22.7. The summed E-state index contributed by atoms with van der Waals surface area (Å²) in [5.41, 5.74) is 1.53. The van der Waals surface area contributed by atoms with Gasteiger partial charge >= 0.3 is 0 Å². The van der Waals surface area contributed by atoms with Gasteiger partial charge in [0, 0.05) is 0 Å². The second-order valence-corrected chi connectivity index (χ2v) is 10.2. The van der Waals surface area contributed by atoms with Crippen LogP contribution in [0.1, 0.15) is 88.2 Å². The molecule has 2 aromatic carbocycles. The first-order valence-corrected chi connectivity index (χ1v) is 13.2. The topological polar surface area (TPSA) is 0 Å². The summed E-state index contributed by atoms with van der Waals surface area (Å²) in [6, 6.07) is 15.8. The molecule has 0 N–H and O–H groups in total. The molecule has 0 nitrogen and oxygen atoms in total. The predicted octanol–water partition coefficient (Wildman–Crippen LogP) is 9.25. The Bertz CT molecular complexity index is 601.